The van der Waals surface area contributed by atoms with Crippen molar-refractivity contribution in [2.75, 3.05) is 6.61 Å². The first-order chi connectivity index (χ1) is 11.7. The number of aromatic nitrogens is 2. The maximum Gasteiger partial charge on any atom is 0.307 e. The summed E-state index contributed by atoms with van der Waals surface area (Å²) < 4.78 is 35.2. The molecule has 0 atom stereocenters. The van der Waals surface area contributed by atoms with E-state index in [1.807, 2.05) is 0 Å². The van der Waals surface area contributed by atoms with Gasteiger partial charge < -0.3 is 9.84 Å². The second-order valence-corrected chi connectivity index (χ2v) is 12.7. The van der Waals surface area contributed by atoms with Gasteiger partial charge in [-0.15, -0.1) is 0 Å². The molecule has 0 saturated carbocycles. The zero-order valence-electron chi connectivity index (χ0n) is 14.6. The molecular weight excluding hydrogens is 346 g/mol. The van der Waals surface area contributed by atoms with Crippen LogP contribution in [0.1, 0.15) is 5.56 Å². The third-order valence-corrected chi connectivity index (χ3v) is 5.35. The van der Waals surface area contributed by atoms with E-state index in [0.717, 1.165) is 18.2 Å². The number of carbonyl (C=O) groups is 1. The first-order valence-corrected chi connectivity index (χ1v) is 11.7. The normalized spacial score (nSPS) is 11.7. The van der Waals surface area contributed by atoms with Crippen molar-refractivity contribution in [3.8, 4) is 11.1 Å². The van der Waals surface area contributed by atoms with Crippen molar-refractivity contribution >= 4 is 14.0 Å². The van der Waals surface area contributed by atoms with Crippen LogP contribution >= 0.6 is 0 Å². The highest BCUT2D eigenvalue weighted by Gasteiger charge is 2.15. The van der Waals surface area contributed by atoms with E-state index in [0.29, 0.717) is 12.2 Å². The summed E-state index contributed by atoms with van der Waals surface area (Å²) in [6, 6.07) is 2.95. The first-order valence-electron chi connectivity index (χ1n) is 7.96. The van der Waals surface area contributed by atoms with E-state index in [1.165, 1.54) is 10.9 Å². The third kappa shape index (κ3) is 5.75. The Kier molecular flexibility index (Phi) is 6.07. The number of benzene rings is 1. The van der Waals surface area contributed by atoms with E-state index in [1.54, 1.807) is 6.20 Å². The molecule has 8 heteroatoms. The minimum absolute atomic E-state index is 0.0417. The highest BCUT2D eigenvalue weighted by molar-refractivity contribution is 6.76. The summed E-state index contributed by atoms with van der Waals surface area (Å²) in [5.74, 6) is -2.65. The SMILES string of the molecule is C[Si](C)(C)CCOCn1cc(-c2cc(F)c(CC(=O)O)cc2F)cn1. The molecule has 1 N–H and O–H groups in total. The minimum Gasteiger partial charge on any atom is -0.481 e. The van der Waals surface area contributed by atoms with E-state index in [2.05, 4.69) is 24.7 Å². The van der Waals surface area contributed by atoms with Crippen LogP contribution in [-0.2, 0) is 22.7 Å². The molecule has 0 aliphatic carbocycles. The Balaban J connectivity index is 2.06. The molecule has 1 heterocycles. The average Bonchev–Trinajstić information content (AvgIpc) is 2.94. The van der Waals surface area contributed by atoms with E-state index in [4.69, 9.17) is 9.84 Å². The fraction of sp³-hybridized carbons (Fsp3) is 0.412. The number of hydrogen-bond donors (Lipinski definition) is 1. The van der Waals surface area contributed by atoms with E-state index < -0.39 is 32.1 Å². The van der Waals surface area contributed by atoms with Crippen LogP contribution in [0.5, 0.6) is 0 Å². The van der Waals surface area contributed by atoms with Gasteiger partial charge in [0.2, 0.25) is 0 Å². The van der Waals surface area contributed by atoms with Crippen molar-refractivity contribution in [3.05, 3.63) is 41.7 Å². The van der Waals surface area contributed by atoms with Crippen LogP contribution in [-0.4, -0.2) is 35.5 Å². The molecule has 1 aromatic heterocycles. The topological polar surface area (TPSA) is 64.3 Å². The van der Waals surface area contributed by atoms with E-state index in [9.17, 15) is 13.6 Å². The van der Waals surface area contributed by atoms with Gasteiger partial charge >= 0.3 is 5.97 Å². The zero-order chi connectivity index (χ0) is 18.6. The molecule has 0 saturated heterocycles. The van der Waals surface area contributed by atoms with Gasteiger partial charge in [-0.1, -0.05) is 19.6 Å². The Hall–Kier alpha value is -2.06. The van der Waals surface area contributed by atoms with E-state index in [-0.39, 0.29) is 17.9 Å². The highest BCUT2D eigenvalue weighted by Crippen LogP contribution is 2.25. The molecule has 0 aliphatic heterocycles. The second-order valence-electron chi connectivity index (χ2n) is 7.11. The largest absolute Gasteiger partial charge is 0.481 e. The molecule has 0 radical (unpaired) electrons. The lowest BCUT2D eigenvalue weighted by atomic mass is 10.0. The molecule has 1 aromatic carbocycles. The monoisotopic (exact) mass is 368 g/mol. The lowest BCUT2D eigenvalue weighted by Crippen LogP contribution is -2.22. The summed E-state index contributed by atoms with van der Waals surface area (Å²) in [5, 5.41) is 12.8. The quantitative estimate of drug-likeness (QED) is 0.569. The lowest BCUT2D eigenvalue weighted by Gasteiger charge is -2.15. The highest BCUT2D eigenvalue weighted by atomic mass is 28.3. The van der Waals surface area contributed by atoms with Gasteiger partial charge in [0.05, 0.1) is 12.6 Å². The molecule has 0 bridgehead atoms. The Morgan fingerprint density at radius 2 is 2.00 bits per heavy atom. The van der Waals surface area contributed by atoms with Crippen LogP contribution in [0.25, 0.3) is 11.1 Å². The number of ether oxygens (including phenoxy) is 1. The lowest BCUT2D eigenvalue weighted by molar-refractivity contribution is -0.136. The predicted molar refractivity (Wildman–Crippen MR) is 93.0 cm³/mol. The van der Waals surface area contributed by atoms with Crippen molar-refractivity contribution in [2.45, 2.75) is 38.8 Å². The fourth-order valence-electron chi connectivity index (χ4n) is 2.22. The molecular formula is C17H22F2N2O3Si. The number of aliphatic carboxylic acids is 1. The number of carboxylic acids is 1. The molecule has 0 spiro atoms. The van der Waals surface area contributed by atoms with Crippen LogP contribution in [0.15, 0.2) is 24.5 Å². The van der Waals surface area contributed by atoms with Gasteiger partial charge in [-0.2, -0.15) is 5.10 Å². The van der Waals surface area contributed by atoms with Gasteiger partial charge in [0.25, 0.3) is 0 Å². The summed E-state index contributed by atoms with van der Waals surface area (Å²) in [4.78, 5) is 10.7. The Morgan fingerprint density at radius 1 is 1.28 bits per heavy atom. The summed E-state index contributed by atoms with van der Waals surface area (Å²) >= 11 is 0. The molecule has 0 fully saturated rings. The van der Waals surface area contributed by atoms with Crippen molar-refractivity contribution < 1.29 is 23.4 Å². The van der Waals surface area contributed by atoms with Gasteiger partial charge in [0, 0.05) is 37.6 Å². The molecule has 2 aromatic rings. The van der Waals surface area contributed by atoms with Crippen LogP contribution < -0.4 is 0 Å². The maximum atomic E-state index is 14.2. The number of rotatable bonds is 8. The molecule has 2 rings (SSSR count). The van der Waals surface area contributed by atoms with Crippen LogP contribution in [0, 0.1) is 11.6 Å². The minimum atomic E-state index is -1.21. The molecule has 0 aliphatic rings. The van der Waals surface area contributed by atoms with Crippen LogP contribution in [0.2, 0.25) is 25.7 Å². The van der Waals surface area contributed by atoms with E-state index >= 15 is 0 Å². The first kappa shape index (κ1) is 19.3. The molecule has 136 valence electrons. The van der Waals surface area contributed by atoms with Crippen LogP contribution in [0.3, 0.4) is 0 Å². The summed E-state index contributed by atoms with van der Waals surface area (Å²) in [7, 11) is -1.16. The smallest absolute Gasteiger partial charge is 0.307 e. The summed E-state index contributed by atoms with van der Waals surface area (Å²) in [6.45, 7) is 7.65. The molecule has 0 unspecified atom stereocenters. The Labute approximate surface area is 146 Å². The van der Waals surface area contributed by atoms with Gasteiger partial charge in [0.15, 0.2) is 0 Å². The summed E-state index contributed by atoms with van der Waals surface area (Å²) in [6.07, 6.45) is 2.44. The van der Waals surface area contributed by atoms with Crippen molar-refractivity contribution in [2.24, 2.45) is 0 Å². The summed E-state index contributed by atoms with van der Waals surface area (Å²) in [5.41, 5.74) is 0.267. The molecule has 0 amide bonds. The maximum absolute atomic E-state index is 14.2. The number of halogens is 2. The van der Waals surface area contributed by atoms with Gasteiger partial charge in [-0.05, 0) is 18.2 Å². The Bertz CT molecular complexity index is 757. The van der Waals surface area contributed by atoms with Gasteiger partial charge in [-0.25, -0.2) is 13.5 Å². The second kappa shape index (κ2) is 7.88. The zero-order valence-corrected chi connectivity index (χ0v) is 15.6. The molecule has 25 heavy (non-hydrogen) atoms. The average molecular weight is 368 g/mol. The van der Waals surface area contributed by atoms with Crippen molar-refractivity contribution in [1.29, 1.82) is 0 Å². The number of hydrogen-bond acceptors (Lipinski definition) is 3. The fourth-order valence-corrected chi connectivity index (χ4v) is 2.97. The van der Waals surface area contributed by atoms with Gasteiger partial charge in [-0.3, -0.25) is 4.79 Å². The van der Waals surface area contributed by atoms with Crippen molar-refractivity contribution in [1.82, 2.24) is 9.78 Å². The van der Waals surface area contributed by atoms with Crippen LogP contribution in [0.4, 0.5) is 8.78 Å². The Morgan fingerprint density at radius 3 is 2.64 bits per heavy atom. The van der Waals surface area contributed by atoms with Crippen molar-refractivity contribution in [3.63, 3.8) is 0 Å². The standard InChI is InChI=1S/C17H22F2N2O3Si/c1-25(2,3)5-4-24-11-21-10-13(9-20-21)14-8-15(18)12(6-16(14)19)7-17(22)23/h6,8-10H,4-5,7,11H2,1-3H3,(H,22,23). The number of carboxylic acid groups (broad SMARTS) is 1. The number of nitrogens with zero attached hydrogens (tertiary/aromatic N) is 2. The predicted octanol–water partition coefficient (Wildman–Crippen LogP) is 3.77. The third-order valence-electron chi connectivity index (χ3n) is 3.64. The van der Waals surface area contributed by atoms with Gasteiger partial charge in [0.1, 0.15) is 18.4 Å². The molecule has 5 nitrogen and oxygen atoms in total.